The predicted octanol–water partition coefficient (Wildman–Crippen LogP) is 1.11. The van der Waals surface area contributed by atoms with Gasteiger partial charge < -0.3 is 11.1 Å². The molecule has 1 aliphatic heterocycles. The smallest absolute Gasteiger partial charge is 0.00965 e. The second kappa shape index (κ2) is 3.75. The minimum absolute atomic E-state index is 0.515. The number of nitrogens with two attached hydrogens (primary N) is 1. The first-order valence-corrected chi connectivity index (χ1v) is 5.34. The lowest BCUT2D eigenvalue weighted by molar-refractivity contribution is 0.182. The Morgan fingerprint density at radius 1 is 1.00 bits per heavy atom. The fraction of sp³-hybridized carbons (Fsp3) is 1.00. The number of nitrogens with one attached hydrogen (secondary N) is 1. The molecule has 2 rings (SSSR count). The first kappa shape index (κ1) is 8.52. The summed E-state index contributed by atoms with van der Waals surface area (Å²) < 4.78 is 0. The molecule has 1 saturated heterocycles. The fourth-order valence-corrected chi connectivity index (χ4v) is 2.44. The summed E-state index contributed by atoms with van der Waals surface area (Å²) in [4.78, 5) is 0. The molecule has 70 valence electrons. The van der Waals surface area contributed by atoms with Crippen LogP contribution in [0, 0.1) is 11.8 Å². The minimum atomic E-state index is 0.515. The SMILES string of the molecule is NC(C1CCC1)C1CCNCC1. The largest absolute Gasteiger partial charge is 0.327 e. The zero-order valence-corrected chi connectivity index (χ0v) is 7.76. The second-order valence-electron chi connectivity index (χ2n) is 4.36. The van der Waals surface area contributed by atoms with Crippen LogP contribution in [0.3, 0.4) is 0 Å². The van der Waals surface area contributed by atoms with Gasteiger partial charge in [-0.15, -0.1) is 0 Å². The van der Waals surface area contributed by atoms with Gasteiger partial charge in [0.15, 0.2) is 0 Å². The van der Waals surface area contributed by atoms with Crippen LogP contribution in [0.1, 0.15) is 32.1 Å². The highest BCUT2D eigenvalue weighted by atomic mass is 14.9. The van der Waals surface area contributed by atoms with E-state index in [1.807, 2.05) is 0 Å². The molecular weight excluding hydrogens is 148 g/mol. The lowest BCUT2D eigenvalue weighted by Gasteiger charge is -2.38. The fourth-order valence-electron chi connectivity index (χ4n) is 2.44. The normalized spacial score (nSPS) is 29.8. The van der Waals surface area contributed by atoms with E-state index >= 15 is 0 Å². The van der Waals surface area contributed by atoms with Crippen LogP contribution >= 0.6 is 0 Å². The molecule has 0 bridgehead atoms. The van der Waals surface area contributed by atoms with E-state index in [1.165, 1.54) is 45.2 Å². The van der Waals surface area contributed by atoms with Gasteiger partial charge in [-0.3, -0.25) is 0 Å². The van der Waals surface area contributed by atoms with Crippen LogP contribution < -0.4 is 11.1 Å². The molecule has 0 spiro atoms. The summed E-state index contributed by atoms with van der Waals surface area (Å²) in [6, 6.07) is 0.515. The van der Waals surface area contributed by atoms with Crippen molar-refractivity contribution in [2.75, 3.05) is 13.1 Å². The molecule has 2 aliphatic rings. The maximum Gasteiger partial charge on any atom is 0.00965 e. The Labute approximate surface area is 74.9 Å². The Morgan fingerprint density at radius 2 is 1.58 bits per heavy atom. The molecule has 2 heteroatoms. The zero-order valence-electron chi connectivity index (χ0n) is 7.76. The third-order valence-corrected chi connectivity index (χ3v) is 3.62. The molecule has 12 heavy (non-hydrogen) atoms. The van der Waals surface area contributed by atoms with Gasteiger partial charge in [0, 0.05) is 6.04 Å². The van der Waals surface area contributed by atoms with Gasteiger partial charge in [-0.1, -0.05) is 6.42 Å². The van der Waals surface area contributed by atoms with E-state index in [1.54, 1.807) is 0 Å². The third kappa shape index (κ3) is 1.64. The van der Waals surface area contributed by atoms with Crippen molar-refractivity contribution in [3.63, 3.8) is 0 Å². The molecule has 1 saturated carbocycles. The van der Waals surface area contributed by atoms with Gasteiger partial charge in [0.2, 0.25) is 0 Å². The van der Waals surface area contributed by atoms with E-state index in [-0.39, 0.29) is 0 Å². The van der Waals surface area contributed by atoms with Crippen LogP contribution in [-0.4, -0.2) is 19.1 Å². The molecule has 2 fully saturated rings. The topological polar surface area (TPSA) is 38.0 Å². The van der Waals surface area contributed by atoms with Gasteiger partial charge >= 0.3 is 0 Å². The van der Waals surface area contributed by atoms with Crippen molar-refractivity contribution in [3.8, 4) is 0 Å². The Morgan fingerprint density at radius 3 is 2.08 bits per heavy atom. The molecule has 1 heterocycles. The lowest BCUT2D eigenvalue weighted by atomic mass is 9.73. The van der Waals surface area contributed by atoms with E-state index in [0.29, 0.717) is 6.04 Å². The van der Waals surface area contributed by atoms with E-state index < -0.39 is 0 Å². The van der Waals surface area contributed by atoms with Crippen molar-refractivity contribution < 1.29 is 0 Å². The van der Waals surface area contributed by atoms with Crippen molar-refractivity contribution >= 4 is 0 Å². The number of hydrogen-bond acceptors (Lipinski definition) is 2. The van der Waals surface area contributed by atoms with Gasteiger partial charge in [0.05, 0.1) is 0 Å². The van der Waals surface area contributed by atoms with Crippen LogP contribution in [0.2, 0.25) is 0 Å². The summed E-state index contributed by atoms with van der Waals surface area (Å²) in [6.07, 6.45) is 6.81. The van der Waals surface area contributed by atoms with Crippen LogP contribution in [-0.2, 0) is 0 Å². The first-order chi connectivity index (χ1) is 5.88. The van der Waals surface area contributed by atoms with Crippen molar-refractivity contribution in [2.45, 2.75) is 38.1 Å². The molecular formula is C10H20N2. The number of piperidine rings is 1. The molecule has 3 N–H and O–H groups in total. The highest BCUT2D eigenvalue weighted by Crippen LogP contribution is 2.33. The van der Waals surface area contributed by atoms with E-state index in [0.717, 1.165) is 11.8 Å². The monoisotopic (exact) mass is 168 g/mol. The minimum Gasteiger partial charge on any atom is -0.327 e. The Hall–Kier alpha value is -0.0800. The van der Waals surface area contributed by atoms with Crippen LogP contribution in [0.15, 0.2) is 0 Å². The van der Waals surface area contributed by atoms with Crippen LogP contribution in [0.4, 0.5) is 0 Å². The van der Waals surface area contributed by atoms with Gasteiger partial charge in [0.25, 0.3) is 0 Å². The van der Waals surface area contributed by atoms with Crippen molar-refractivity contribution in [3.05, 3.63) is 0 Å². The maximum absolute atomic E-state index is 6.23. The summed E-state index contributed by atoms with van der Waals surface area (Å²) in [6.45, 7) is 2.37. The molecule has 0 aromatic rings. The molecule has 2 nitrogen and oxygen atoms in total. The lowest BCUT2D eigenvalue weighted by Crippen LogP contribution is -2.45. The zero-order chi connectivity index (χ0) is 8.39. The third-order valence-electron chi connectivity index (χ3n) is 3.62. The second-order valence-corrected chi connectivity index (χ2v) is 4.36. The molecule has 1 unspecified atom stereocenters. The Bertz CT molecular complexity index is 137. The van der Waals surface area contributed by atoms with Crippen molar-refractivity contribution in [1.29, 1.82) is 0 Å². The van der Waals surface area contributed by atoms with E-state index in [2.05, 4.69) is 5.32 Å². The van der Waals surface area contributed by atoms with Crippen LogP contribution in [0.5, 0.6) is 0 Å². The first-order valence-electron chi connectivity index (χ1n) is 5.34. The molecule has 0 aromatic heterocycles. The molecule has 0 aromatic carbocycles. The number of rotatable bonds is 2. The van der Waals surface area contributed by atoms with Gasteiger partial charge in [0.1, 0.15) is 0 Å². The molecule has 1 aliphatic carbocycles. The Kier molecular flexibility index (Phi) is 2.66. The average molecular weight is 168 g/mol. The maximum atomic E-state index is 6.23. The Balaban J connectivity index is 1.80. The van der Waals surface area contributed by atoms with Crippen molar-refractivity contribution in [1.82, 2.24) is 5.32 Å². The molecule has 0 radical (unpaired) electrons. The highest BCUT2D eigenvalue weighted by molar-refractivity contribution is 4.87. The number of hydrogen-bond donors (Lipinski definition) is 2. The van der Waals surface area contributed by atoms with E-state index in [4.69, 9.17) is 5.73 Å². The van der Waals surface area contributed by atoms with E-state index in [9.17, 15) is 0 Å². The summed E-state index contributed by atoms with van der Waals surface area (Å²) in [5.41, 5.74) is 6.23. The average Bonchev–Trinajstić information content (AvgIpc) is 2.03. The summed E-state index contributed by atoms with van der Waals surface area (Å²) >= 11 is 0. The standard InChI is InChI=1S/C10H20N2/c11-10(8-2-1-3-8)9-4-6-12-7-5-9/h8-10,12H,1-7,11H2. The van der Waals surface area contributed by atoms with Crippen molar-refractivity contribution in [2.24, 2.45) is 17.6 Å². The summed E-state index contributed by atoms with van der Waals surface area (Å²) in [5.74, 6) is 1.68. The predicted molar refractivity (Wildman–Crippen MR) is 50.9 cm³/mol. The van der Waals surface area contributed by atoms with Gasteiger partial charge in [-0.2, -0.15) is 0 Å². The van der Waals surface area contributed by atoms with Gasteiger partial charge in [-0.25, -0.2) is 0 Å². The van der Waals surface area contributed by atoms with Gasteiger partial charge in [-0.05, 0) is 50.6 Å². The summed E-state index contributed by atoms with van der Waals surface area (Å²) in [5, 5.41) is 3.39. The summed E-state index contributed by atoms with van der Waals surface area (Å²) in [7, 11) is 0. The molecule has 0 amide bonds. The van der Waals surface area contributed by atoms with Crippen LogP contribution in [0.25, 0.3) is 0 Å². The quantitative estimate of drug-likeness (QED) is 0.648. The molecule has 1 atom stereocenters. The highest BCUT2D eigenvalue weighted by Gasteiger charge is 2.30.